The number of halogens is 4. The van der Waals surface area contributed by atoms with Gasteiger partial charge in [0.1, 0.15) is 33.0 Å². The van der Waals surface area contributed by atoms with Crippen molar-refractivity contribution >= 4 is 58.0 Å². The smallest absolute Gasteiger partial charge is 0.331 e. The number of rotatable bonds is 12. The molecule has 0 fully saturated rings. The van der Waals surface area contributed by atoms with E-state index in [0.717, 1.165) is 6.07 Å². The second-order valence-corrected chi connectivity index (χ2v) is 15.2. The maximum atomic E-state index is 16.2. The Bertz CT molecular complexity index is 2530. The van der Waals surface area contributed by atoms with Crippen LogP contribution in [0.15, 0.2) is 89.6 Å². The van der Waals surface area contributed by atoms with Crippen LogP contribution in [-0.4, -0.2) is 49.5 Å². The van der Waals surface area contributed by atoms with E-state index >= 15 is 8.78 Å². The third-order valence-corrected chi connectivity index (χ3v) is 11.4. The van der Waals surface area contributed by atoms with Gasteiger partial charge >= 0.3 is 11.9 Å². The Kier molecular flexibility index (Phi) is 10.7. The molecule has 1 aliphatic rings. The third kappa shape index (κ3) is 8.05. The fraction of sp³-hybridized carbons (Fsp3) is 0.150. The highest BCUT2D eigenvalue weighted by molar-refractivity contribution is 7.13. The SMILES string of the molecule is O=C(Cc1csc(-c2ccccc2Cl)n1)NC(C(=O)O)c1cc(F)cc(-c2ccc3c(c2)CC(NC(=O)Cc2csc(-c4ccc(F)cc4)n2)(C(=O)O)C3)c1F. The summed E-state index contributed by atoms with van der Waals surface area (Å²) in [6.07, 6.45) is -0.839. The number of carbonyl (C=O) groups is 4. The van der Waals surface area contributed by atoms with Gasteiger partial charge in [0, 0.05) is 45.9 Å². The van der Waals surface area contributed by atoms with Crippen molar-refractivity contribution in [2.24, 2.45) is 0 Å². The van der Waals surface area contributed by atoms with E-state index in [4.69, 9.17) is 11.6 Å². The summed E-state index contributed by atoms with van der Waals surface area (Å²) in [6, 6.07) is 16.8. The zero-order chi connectivity index (χ0) is 39.7. The molecule has 10 nitrogen and oxygen atoms in total. The van der Waals surface area contributed by atoms with Gasteiger partial charge in [0.25, 0.3) is 0 Å². The molecule has 6 aromatic rings. The summed E-state index contributed by atoms with van der Waals surface area (Å²) in [6.45, 7) is 0. The van der Waals surface area contributed by atoms with Crippen molar-refractivity contribution < 1.29 is 42.6 Å². The van der Waals surface area contributed by atoms with Gasteiger partial charge in [-0.3, -0.25) is 9.59 Å². The summed E-state index contributed by atoms with van der Waals surface area (Å²) >= 11 is 8.74. The van der Waals surface area contributed by atoms with Gasteiger partial charge in [-0.2, -0.15) is 0 Å². The topological polar surface area (TPSA) is 159 Å². The zero-order valence-electron chi connectivity index (χ0n) is 28.8. The third-order valence-electron chi connectivity index (χ3n) is 9.20. The summed E-state index contributed by atoms with van der Waals surface area (Å²) in [5.74, 6) is -6.82. The Balaban J connectivity index is 1.07. The lowest BCUT2D eigenvalue weighted by Crippen LogP contribution is -2.55. The molecule has 0 radical (unpaired) electrons. The summed E-state index contributed by atoms with van der Waals surface area (Å²) in [5, 5.41) is 30.1. The molecule has 2 heterocycles. The summed E-state index contributed by atoms with van der Waals surface area (Å²) in [5.41, 5.74) is 0.451. The number of amides is 2. The molecule has 2 atom stereocenters. The van der Waals surface area contributed by atoms with Crippen LogP contribution >= 0.6 is 34.3 Å². The fourth-order valence-corrected chi connectivity index (χ4v) is 8.52. The van der Waals surface area contributed by atoms with Gasteiger partial charge in [-0.25, -0.2) is 32.7 Å². The molecule has 7 rings (SSSR count). The highest BCUT2D eigenvalue weighted by atomic mass is 35.5. The standard InChI is InChI=1S/C40H28ClF3N4O6S2/c41-31-4-2-1-3-28(31)37-46-26(19-56-37)14-32(49)47-35(38(51)52)30-13-25(43)12-29(34(30)44)21-5-6-22-16-40(39(53)54,17-23(22)11-21)48-33(50)15-27-18-55-36(45-27)20-7-9-24(42)10-8-20/h1-13,18-19,35H,14-17H2,(H,47,49)(H,48,50)(H,51,52)(H,53,54). The van der Waals surface area contributed by atoms with Crippen molar-refractivity contribution in [3.63, 3.8) is 0 Å². The van der Waals surface area contributed by atoms with Crippen LogP contribution in [0.1, 0.15) is 34.1 Å². The first-order valence-corrected chi connectivity index (χ1v) is 19.0. The Hall–Kier alpha value is -5.90. The Morgan fingerprint density at radius 1 is 0.750 bits per heavy atom. The Labute approximate surface area is 329 Å². The van der Waals surface area contributed by atoms with Gasteiger partial charge in [-0.05, 0) is 59.2 Å². The summed E-state index contributed by atoms with van der Waals surface area (Å²) in [7, 11) is 0. The summed E-state index contributed by atoms with van der Waals surface area (Å²) in [4.78, 5) is 60.0. The van der Waals surface area contributed by atoms with Crippen LogP contribution in [0.2, 0.25) is 5.02 Å². The molecule has 16 heteroatoms. The zero-order valence-corrected chi connectivity index (χ0v) is 31.2. The van der Waals surface area contributed by atoms with E-state index in [-0.39, 0.29) is 36.8 Å². The van der Waals surface area contributed by atoms with Crippen molar-refractivity contribution in [1.82, 2.24) is 20.6 Å². The van der Waals surface area contributed by atoms with Crippen molar-refractivity contribution in [3.05, 3.63) is 140 Å². The average molecular weight is 817 g/mol. The van der Waals surface area contributed by atoms with Crippen molar-refractivity contribution in [3.8, 4) is 32.3 Å². The number of hydrogen-bond acceptors (Lipinski definition) is 8. The minimum Gasteiger partial charge on any atom is -0.479 e. The molecular weight excluding hydrogens is 789 g/mol. The predicted octanol–water partition coefficient (Wildman–Crippen LogP) is 7.44. The molecule has 4 aromatic carbocycles. The molecule has 4 N–H and O–H groups in total. The molecule has 0 saturated carbocycles. The molecule has 1 aliphatic carbocycles. The lowest BCUT2D eigenvalue weighted by Gasteiger charge is -2.25. The first-order valence-electron chi connectivity index (χ1n) is 16.9. The molecule has 56 heavy (non-hydrogen) atoms. The molecule has 0 spiro atoms. The van der Waals surface area contributed by atoms with Crippen LogP contribution in [0.4, 0.5) is 13.2 Å². The van der Waals surface area contributed by atoms with E-state index in [0.29, 0.717) is 54.7 Å². The number of nitrogens with one attached hydrogen (secondary N) is 2. The summed E-state index contributed by atoms with van der Waals surface area (Å²) < 4.78 is 44.7. The van der Waals surface area contributed by atoms with Crippen LogP contribution in [0.5, 0.6) is 0 Å². The molecule has 0 aliphatic heterocycles. The number of hydrogen-bond donors (Lipinski definition) is 4. The minimum atomic E-state index is -1.97. The predicted molar refractivity (Wildman–Crippen MR) is 204 cm³/mol. The van der Waals surface area contributed by atoms with E-state index in [1.165, 1.54) is 46.9 Å². The molecule has 2 amide bonds. The monoisotopic (exact) mass is 816 g/mol. The van der Waals surface area contributed by atoms with E-state index < -0.39 is 58.3 Å². The number of fused-ring (bicyclic) bond motifs is 1. The lowest BCUT2D eigenvalue weighted by molar-refractivity contribution is -0.147. The normalized spacial score (nSPS) is 15.2. The van der Waals surface area contributed by atoms with E-state index in [2.05, 4.69) is 20.6 Å². The number of aliphatic carboxylic acids is 2. The van der Waals surface area contributed by atoms with Crippen molar-refractivity contribution in [2.75, 3.05) is 0 Å². The van der Waals surface area contributed by atoms with Gasteiger partial charge in [-0.15, -0.1) is 22.7 Å². The first kappa shape index (κ1) is 38.4. The number of aromatic nitrogens is 2. The second kappa shape index (κ2) is 15.7. The van der Waals surface area contributed by atoms with Gasteiger partial charge in [-0.1, -0.05) is 48.0 Å². The molecule has 2 aromatic heterocycles. The quantitative estimate of drug-likeness (QED) is 0.0993. The van der Waals surface area contributed by atoms with E-state index in [1.807, 2.05) is 0 Å². The Morgan fingerprint density at radius 2 is 1.39 bits per heavy atom. The van der Waals surface area contributed by atoms with Crippen LogP contribution in [-0.2, 0) is 44.9 Å². The highest BCUT2D eigenvalue weighted by Gasteiger charge is 2.45. The van der Waals surface area contributed by atoms with Crippen molar-refractivity contribution in [2.45, 2.75) is 37.3 Å². The second-order valence-electron chi connectivity index (χ2n) is 13.1. The Morgan fingerprint density at radius 3 is 2.09 bits per heavy atom. The first-order chi connectivity index (χ1) is 26.8. The maximum absolute atomic E-state index is 16.2. The van der Waals surface area contributed by atoms with Crippen molar-refractivity contribution in [1.29, 1.82) is 0 Å². The van der Waals surface area contributed by atoms with Crippen LogP contribution < -0.4 is 10.6 Å². The fourth-order valence-electron chi connectivity index (χ4n) is 6.55. The highest BCUT2D eigenvalue weighted by Crippen LogP contribution is 2.37. The lowest BCUT2D eigenvalue weighted by atomic mass is 9.94. The van der Waals surface area contributed by atoms with Crippen LogP contribution in [0.3, 0.4) is 0 Å². The molecule has 0 saturated heterocycles. The van der Waals surface area contributed by atoms with E-state index in [1.54, 1.807) is 53.2 Å². The van der Waals surface area contributed by atoms with Gasteiger partial charge in [0.05, 0.1) is 29.3 Å². The number of thiazole rings is 2. The van der Waals surface area contributed by atoms with Crippen LogP contribution in [0.25, 0.3) is 32.3 Å². The average Bonchev–Trinajstić information content (AvgIpc) is 3.91. The maximum Gasteiger partial charge on any atom is 0.331 e. The van der Waals surface area contributed by atoms with Gasteiger partial charge in [0.2, 0.25) is 11.8 Å². The number of carbonyl (C=O) groups excluding carboxylic acids is 2. The molecule has 2 unspecified atom stereocenters. The van der Waals surface area contributed by atoms with Gasteiger partial charge in [0.15, 0.2) is 6.04 Å². The molecule has 0 bridgehead atoms. The largest absolute Gasteiger partial charge is 0.479 e. The van der Waals surface area contributed by atoms with E-state index in [9.17, 15) is 33.8 Å². The number of nitrogens with zero attached hydrogens (tertiary/aromatic N) is 2. The minimum absolute atomic E-state index is 0.0928. The number of benzene rings is 4. The molecule has 284 valence electrons. The molecular formula is C40H28ClF3N4O6S2. The van der Waals surface area contributed by atoms with Crippen LogP contribution in [0, 0.1) is 17.5 Å². The number of carboxylic acid groups (broad SMARTS) is 2. The number of carboxylic acids is 2. The van der Waals surface area contributed by atoms with Gasteiger partial charge < -0.3 is 20.8 Å².